The summed E-state index contributed by atoms with van der Waals surface area (Å²) in [6.07, 6.45) is 0. The highest BCUT2D eigenvalue weighted by Gasteiger charge is 2.32. The van der Waals surface area contributed by atoms with Crippen LogP contribution in [0.4, 0.5) is 0 Å². The maximum absolute atomic E-state index is 6.27. The molecule has 0 bridgehead atoms. The maximum Gasteiger partial charge on any atom is 0.0464 e. The number of fused-ring (bicyclic) bond motifs is 1. The monoisotopic (exact) mass is 289 g/mol. The minimum Gasteiger partial charge on any atom is -0.312 e. The number of hydrogen-bond acceptors (Lipinski definition) is 2. The van der Waals surface area contributed by atoms with Crippen LogP contribution >= 0.6 is 35.0 Å². The second kappa shape index (κ2) is 5.40. The second-order valence-electron chi connectivity index (χ2n) is 4.74. The van der Waals surface area contributed by atoms with Crippen LogP contribution in [-0.2, 0) is 5.75 Å². The molecule has 1 aromatic carbocycles. The van der Waals surface area contributed by atoms with Crippen LogP contribution in [0.5, 0.6) is 0 Å². The van der Waals surface area contributed by atoms with Crippen molar-refractivity contribution in [3.8, 4) is 0 Å². The van der Waals surface area contributed by atoms with E-state index in [9.17, 15) is 0 Å². The minimum atomic E-state index is 0.333. The first-order chi connectivity index (χ1) is 8.04. The van der Waals surface area contributed by atoms with E-state index in [1.807, 2.05) is 24.9 Å². The molecule has 1 nitrogen and oxygen atoms in total. The van der Waals surface area contributed by atoms with Crippen molar-refractivity contribution in [2.24, 2.45) is 5.92 Å². The van der Waals surface area contributed by atoms with Crippen LogP contribution in [0.1, 0.15) is 31.0 Å². The highest BCUT2D eigenvalue weighted by Crippen LogP contribution is 2.44. The van der Waals surface area contributed by atoms with Crippen LogP contribution in [0, 0.1) is 5.92 Å². The normalized spacial score (nSPS) is 23.9. The number of rotatable bonds is 2. The van der Waals surface area contributed by atoms with Crippen LogP contribution in [-0.4, -0.2) is 12.3 Å². The Bertz CT molecular complexity index is 420. The number of thioether (sulfide) groups is 1. The van der Waals surface area contributed by atoms with Gasteiger partial charge in [0, 0.05) is 27.1 Å². The summed E-state index contributed by atoms with van der Waals surface area (Å²) in [5.74, 6) is 1.61. The van der Waals surface area contributed by atoms with Crippen molar-refractivity contribution in [3.63, 3.8) is 0 Å². The molecule has 2 unspecified atom stereocenters. The van der Waals surface area contributed by atoms with Crippen LogP contribution in [0.25, 0.3) is 0 Å². The summed E-state index contributed by atoms with van der Waals surface area (Å²) in [5.41, 5.74) is 2.50. The predicted molar refractivity (Wildman–Crippen MR) is 78.2 cm³/mol. The lowest BCUT2D eigenvalue weighted by Crippen LogP contribution is -2.34. The molecular formula is C13H17Cl2NS. The molecule has 2 rings (SSSR count). The molecule has 0 spiro atoms. The Balaban J connectivity index is 2.47. The number of nitrogens with one attached hydrogen (secondary N) is 1. The van der Waals surface area contributed by atoms with Gasteiger partial charge < -0.3 is 5.32 Å². The Morgan fingerprint density at radius 2 is 2.06 bits per heavy atom. The molecule has 1 aliphatic heterocycles. The number of hydrogen-bond donors (Lipinski definition) is 1. The van der Waals surface area contributed by atoms with E-state index in [-0.39, 0.29) is 0 Å². The van der Waals surface area contributed by atoms with Gasteiger partial charge in [-0.1, -0.05) is 37.0 Å². The Hall–Kier alpha value is 0.110. The average molecular weight is 290 g/mol. The van der Waals surface area contributed by atoms with Gasteiger partial charge in [0.05, 0.1) is 0 Å². The van der Waals surface area contributed by atoms with Crippen molar-refractivity contribution in [1.29, 1.82) is 0 Å². The summed E-state index contributed by atoms with van der Waals surface area (Å²) in [6.45, 7) is 4.53. The summed E-state index contributed by atoms with van der Waals surface area (Å²) >= 11 is 14.4. The lowest BCUT2D eigenvalue weighted by atomic mass is 9.92. The topological polar surface area (TPSA) is 12.0 Å². The molecular weight excluding hydrogens is 273 g/mol. The van der Waals surface area contributed by atoms with E-state index in [1.165, 1.54) is 11.1 Å². The Kier molecular flexibility index (Phi) is 4.30. The van der Waals surface area contributed by atoms with Gasteiger partial charge in [-0.25, -0.2) is 0 Å². The van der Waals surface area contributed by atoms with Crippen LogP contribution in [0.3, 0.4) is 0 Å². The maximum atomic E-state index is 6.27. The standard InChI is InChI=1S/C13H17Cl2NS/c1-7(2)13-12(16-3)9-4-8(14)5-11(15)10(9)6-17-13/h4-5,7,12-13,16H,6H2,1-3H3. The molecule has 0 radical (unpaired) electrons. The van der Waals surface area contributed by atoms with E-state index in [1.54, 1.807) is 0 Å². The average Bonchev–Trinajstić information content (AvgIpc) is 2.26. The van der Waals surface area contributed by atoms with Crippen molar-refractivity contribution in [1.82, 2.24) is 5.32 Å². The fourth-order valence-electron chi connectivity index (χ4n) is 2.40. The van der Waals surface area contributed by atoms with Gasteiger partial charge in [0.1, 0.15) is 0 Å². The smallest absolute Gasteiger partial charge is 0.0464 e. The van der Waals surface area contributed by atoms with E-state index in [4.69, 9.17) is 23.2 Å². The summed E-state index contributed by atoms with van der Waals surface area (Å²) < 4.78 is 0. The highest BCUT2D eigenvalue weighted by molar-refractivity contribution is 7.99. The third kappa shape index (κ3) is 2.60. The molecule has 0 saturated heterocycles. The Morgan fingerprint density at radius 1 is 1.35 bits per heavy atom. The quantitative estimate of drug-likeness (QED) is 0.859. The number of benzene rings is 1. The van der Waals surface area contributed by atoms with Gasteiger partial charge in [-0.05, 0) is 36.2 Å². The molecule has 0 aliphatic carbocycles. The van der Waals surface area contributed by atoms with Crippen LogP contribution in [0.15, 0.2) is 12.1 Å². The fourth-order valence-corrected chi connectivity index (χ4v) is 4.60. The van der Waals surface area contributed by atoms with E-state index in [0.717, 1.165) is 15.8 Å². The molecule has 1 heterocycles. The first-order valence-electron chi connectivity index (χ1n) is 5.81. The number of halogens is 2. The van der Waals surface area contributed by atoms with Crippen molar-refractivity contribution in [3.05, 3.63) is 33.3 Å². The Morgan fingerprint density at radius 3 is 2.65 bits per heavy atom. The lowest BCUT2D eigenvalue weighted by molar-refractivity contribution is 0.466. The van der Waals surface area contributed by atoms with E-state index >= 15 is 0 Å². The Labute approximate surface area is 117 Å². The molecule has 0 saturated carbocycles. The summed E-state index contributed by atoms with van der Waals surface area (Å²) in [4.78, 5) is 0. The molecule has 0 amide bonds. The molecule has 17 heavy (non-hydrogen) atoms. The molecule has 1 N–H and O–H groups in total. The zero-order valence-corrected chi connectivity index (χ0v) is 12.6. The van der Waals surface area contributed by atoms with Crippen molar-refractivity contribution in [2.75, 3.05) is 7.05 Å². The first-order valence-corrected chi connectivity index (χ1v) is 7.61. The van der Waals surface area contributed by atoms with Crippen molar-refractivity contribution in [2.45, 2.75) is 30.9 Å². The van der Waals surface area contributed by atoms with E-state index in [2.05, 4.69) is 25.2 Å². The molecule has 4 heteroatoms. The van der Waals surface area contributed by atoms with E-state index in [0.29, 0.717) is 17.2 Å². The molecule has 1 aliphatic rings. The zero-order valence-electron chi connectivity index (χ0n) is 10.3. The van der Waals surface area contributed by atoms with Gasteiger partial charge >= 0.3 is 0 Å². The van der Waals surface area contributed by atoms with Crippen LogP contribution < -0.4 is 5.32 Å². The van der Waals surface area contributed by atoms with Crippen LogP contribution in [0.2, 0.25) is 10.0 Å². The van der Waals surface area contributed by atoms with E-state index < -0.39 is 0 Å². The molecule has 1 aromatic rings. The van der Waals surface area contributed by atoms with Gasteiger partial charge in [0.15, 0.2) is 0 Å². The van der Waals surface area contributed by atoms with Crippen molar-refractivity contribution < 1.29 is 0 Å². The SMILES string of the molecule is CNC1c2cc(Cl)cc(Cl)c2CSC1C(C)C. The fraction of sp³-hybridized carbons (Fsp3) is 0.538. The van der Waals surface area contributed by atoms with Gasteiger partial charge in [-0.15, -0.1) is 0 Å². The summed E-state index contributed by atoms with van der Waals surface area (Å²) in [5, 5.41) is 5.50. The van der Waals surface area contributed by atoms with Crippen molar-refractivity contribution >= 4 is 35.0 Å². The summed E-state index contributed by atoms with van der Waals surface area (Å²) in [7, 11) is 2.00. The van der Waals surface area contributed by atoms with Gasteiger partial charge in [-0.3, -0.25) is 0 Å². The molecule has 94 valence electrons. The first kappa shape index (κ1) is 13.5. The largest absolute Gasteiger partial charge is 0.312 e. The highest BCUT2D eigenvalue weighted by atomic mass is 35.5. The lowest BCUT2D eigenvalue weighted by Gasteiger charge is -2.36. The molecule has 0 fully saturated rings. The third-order valence-corrected chi connectivity index (χ3v) is 5.46. The third-order valence-electron chi connectivity index (χ3n) is 3.25. The van der Waals surface area contributed by atoms with Gasteiger partial charge in [0.2, 0.25) is 0 Å². The molecule has 0 aromatic heterocycles. The van der Waals surface area contributed by atoms with Gasteiger partial charge in [0.25, 0.3) is 0 Å². The second-order valence-corrected chi connectivity index (χ2v) is 6.75. The minimum absolute atomic E-state index is 0.333. The predicted octanol–water partition coefficient (Wildman–Crippen LogP) is 4.53. The van der Waals surface area contributed by atoms with Gasteiger partial charge in [-0.2, -0.15) is 11.8 Å². The zero-order chi connectivity index (χ0) is 12.6. The summed E-state index contributed by atoms with van der Waals surface area (Å²) in [6, 6.07) is 4.23. The molecule has 2 atom stereocenters.